The Labute approximate surface area is 199 Å². The van der Waals surface area contributed by atoms with E-state index in [1.807, 2.05) is 16.7 Å². The van der Waals surface area contributed by atoms with E-state index in [-0.39, 0.29) is 17.3 Å². The number of morpholine rings is 1. The van der Waals surface area contributed by atoms with Crippen molar-refractivity contribution in [2.45, 2.75) is 18.8 Å². The molecule has 1 saturated carbocycles. The fourth-order valence-electron chi connectivity index (χ4n) is 4.73. The molecule has 8 nitrogen and oxygen atoms in total. The van der Waals surface area contributed by atoms with Crippen molar-refractivity contribution in [2.75, 3.05) is 31.2 Å². The lowest BCUT2D eigenvalue weighted by Gasteiger charge is -2.29. The van der Waals surface area contributed by atoms with Gasteiger partial charge in [-0.1, -0.05) is 0 Å². The fourth-order valence-corrected chi connectivity index (χ4v) is 4.73. The Morgan fingerprint density at radius 2 is 1.94 bits per heavy atom. The molecule has 0 bridgehead atoms. The third-order valence-electron chi connectivity index (χ3n) is 6.59. The third kappa shape index (κ3) is 3.61. The molecule has 4 aromatic rings. The van der Waals surface area contributed by atoms with Crippen molar-refractivity contribution in [3.05, 3.63) is 59.6 Å². The van der Waals surface area contributed by atoms with Crippen LogP contribution in [0.1, 0.15) is 30.1 Å². The normalized spacial score (nSPS) is 16.9. The van der Waals surface area contributed by atoms with Crippen LogP contribution >= 0.6 is 0 Å². The summed E-state index contributed by atoms with van der Waals surface area (Å²) in [5.41, 5.74) is 9.93. The number of rotatable bonds is 5. The molecule has 10 heteroatoms. The van der Waals surface area contributed by atoms with Crippen LogP contribution in [0.3, 0.4) is 0 Å². The van der Waals surface area contributed by atoms with E-state index < -0.39 is 11.6 Å². The van der Waals surface area contributed by atoms with Gasteiger partial charge in [-0.15, -0.1) is 0 Å². The molecule has 2 aliphatic rings. The molecule has 0 unspecified atom stereocenters. The standard InChI is InChI=1S/C25H23F2N7O/c26-18-4-3-16-19(5-6-30-23(16)21(18)27)34-20-12-15(33-7-9-35-10-8-33)11-17(24(29)31-13-28)22(20)32-25(34)14-1-2-14/h3-6,11-14H,1-2,7-10H2,(H3,28,29,31). The smallest absolute Gasteiger partial charge is 0.185 e. The highest BCUT2D eigenvalue weighted by atomic mass is 19.2. The molecule has 2 fully saturated rings. The van der Waals surface area contributed by atoms with Crippen LogP contribution in [0, 0.1) is 17.0 Å². The lowest BCUT2D eigenvalue weighted by atomic mass is 10.1. The minimum atomic E-state index is -0.973. The first-order valence-electron chi connectivity index (χ1n) is 11.5. The molecule has 3 heterocycles. The van der Waals surface area contributed by atoms with Gasteiger partial charge in [-0.25, -0.2) is 18.8 Å². The van der Waals surface area contributed by atoms with E-state index in [0.29, 0.717) is 35.4 Å². The number of hydrogen-bond donors (Lipinski definition) is 2. The summed E-state index contributed by atoms with van der Waals surface area (Å²) < 4.78 is 36.1. The molecule has 2 aromatic heterocycles. The number of aromatic nitrogens is 3. The van der Waals surface area contributed by atoms with E-state index >= 15 is 0 Å². The van der Waals surface area contributed by atoms with Crippen molar-refractivity contribution >= 4 is 39.8 Å². The lowest BCUT2D eigenvalue weighted by Crippen LogP contribution is -2.36. The van der Waals surface area contributed by atoms with Crippen molar-refractivity contribution in [3.63, 3.8) is 0 Å². The van der Waals surface area contributed by atoms with E-state index in [1.54, 1.807) is 12.1 Å². The predicted octanol–water partition coefficient (Wildman–Crippen LogP) is 3.88. The van der Waals surface area contributed by atoms with Gasteiger partial charge >= 0.3 is 0 Å². The molecule has 0 amide bonds. The summed E-state index contributed by atoms with van der Waals surface area (Å²) in [6, 6.07) is 8.47. The van der Waals surface area contributed by atoms with Crippen LogP contribution in [0.2, 0.25) is 0 Å². The molecule has 0 radical (unpaired) electrons. The highest BCUT2D eigenvalue weighted by Gasteiger charge is 2.32. The number of fused-ring (bicyclic) bond motifs is 2. The zero-order valence-electron chi connectivity index (χ0n) is 18.8. The number of ether oxygens (including phenoxy) is 1. The topological polar surface area (TPSA) is 105 Å². The maximum atomic E-state index is 14.6. The number of imidazole rings is 1. The van der Waals surface area contributed by atoms with Gasteiger partial charge in [0.1, 0.15) is 29.0 Å². The van der Waals surface area contributed by atoms with Crippen molar-refractivity contribution in [2.24, 2.45) is 10.7 Å². The van der Waals surface area contributed by atoms with E-state index in [0.717, 1.165) is 55.4 Å². The van der Waals surface area contributed by atoms with Gasteiger partial charge in [0.15, 0.2) is 11.6 Å². The second-order valence-corrected chi connectivity index (χ2v) is 8.77. The van der Waals surface area contributed by atoms with E-state index in [4.69, 9.17) is 20.9 Å². The molecule has 1 saturated heterocycles. The highest BCUT2D eigenvalue weighted by Crippen LogP contribution is 2.43. The second-order valence-electron chi connectivity index (χ2n) is 8.77. The summed E-state index contributed by atoms with van der Waals surface area (Å²) in [7, 11) is 0. The van der Waals surface area contributed by atoms with Crippen molar-refractivity contribution in [1.82, 2.24) is 14.5 Å². The summed E-state index contributed by atoms with van der Waals surface area (Å²) in [5.74, 6) is -0.636. The van der Waals surface area contributed by atoms with Crippen molar-refractivity contribution in [3.8, 4) is 5.69 Å². The Balaban J connectivity index is 1.68. The first kappa shape index (κ1) is 21.6. The number of halogens is 2. The average Bonchev–Trinajstić information content (AvgIpc) is 3.66. The molecule has 3 N–H and O–H groups in total. The van der Waals surface area contributed by atoms with Gasteiger partial charge in [-0.3, -0.25) is 15.0 Å². The number of amidine groups is 1. The zero-order valence-corrected chi connectivity index (χ0v) is 18.8. The number of nitrogens with two attached hydrogens (primary N) is 1. The third-order valence-corrected chi connectivity index (χ3v) is 6.59. The Morgan fingerprint density at radius 1 is 1.14 bits per heavy atom. The number of pyridine rings is 1. The SMILES string of the molecule is N=CN=C(N)c1cc(N2CCOCC2)cc2c1nc(C1CC1)n2-c1ccnc2c(F)c(F)ccc12. The Hall–Kier alpha value is -3.92. The number of nitrogens with zero attached hydrogens (tertiary/aromatic N) is 5. The largest absolute Gasteiger partial charge is 0.383 e. The van der Waals surface area contributed by atoms with E-state index in [2.05, 4.69) is 14.9 Å². The van der Waals surface area contributed by atoms with Crippen LogP contribution in [0.15, 0.2) is 41.5 Å². The van der Waals surface area contributed by atoms with Crippen LogP contribution in [0.5, 0.6) is 0 Å². The first-order valence-corrected chi connectivity index (χ1v) is 11.5. The van der Waals surface area contributed by atoms with Gasteiger partial charge in [0.25, 0.3) is 0 Å². The minimum absolute atomic E-state index is 0.0273. The number of benzene rings is 2. The molecular weight excluding hydrogens is 452 g/mol. The summed E-state index contributed by atoms with van der Waals surface area (Å²) in [5, 5.41) is 7.90. The van der Waals surface area contributed by atoms with Crippen LogP contribution in [0.25, 0.3) is 27.6 Å². The summed E-state index contributed by atoms with van der Waals surface area (Å²) in [4.78, 5) is 15.3. The molecule has 2 aromatic carbocycles. The molecule has 0 spiro atoms. The van der Waals surface area contributed by atoms with Gasteiger partial charge in [0, 0.05) is 41.8 Å². The molecular formula is C25H23F2N7O. The van der Waals surface area contributed by atoms with Crippen LogP contribution < -0.4 is 10.6 Å². The number of anilines is 1. The van der Waals surface area contributed by atoms with Gasteiger partial charge in [-0.2, -0.15) is 0 Å². The number of hydrogen-bond acceptors (Lipinski definition) is 5. The second kappa shape index (κ2) is 8.38. The van der Waals surface area contributed by atoms with Crippen LogP contribution in [-0.4, -0.2) is 53.0 Å². The van der Waals surface area contributed by atoms with Crippen molar-refractivity contribution < 1.29 is 13.5 Å². The predicted molar refractivity (Wildman–Crippen MR) is 131 cm³/mol. The maximum Gasteiger partial charge on any atom is 0.185 e. The molecule has 1 aliphatic heterocycles. The monoisotopic (exact) mass is 475 g/mol. The molecule has 0 atom stereocenters. The average molecular weight is 476 g/mol. The Kier molecular flexibility index (Phi) is 5.18. The molecule has 6 rings (SSSR count). The van der Waals surface area contributed by atoms with E-state index in [9.17, 15) is 8.78 Å². The van der Waals surface area contributed by atoms with Crippen molar-refractivity contribution in [1.29, 1.82) is 5.41 Å². The van der Waals surface area contributed by atoms with Gasteiger partial charge in [-0.05, 0) is 43.2 Å². The summed E-state index contributed by atoms with van der Waals surface area (Å²) in [6.45, 7) is 2.67. The summed E-state index contributed by atoms with van der Waals surface area (Å²) in [6.07, 6.45) is 4.38. The highest BCUT2D eigenvalue weighted by molar-refractivity contribution is 6.11. The van der Waals surface area contributed by atoms with Crippen LogP contribution in [0.4, 0.5) is 14.5 Å². The quantitative estimate of drug-likeness (QED) is 0.337. The van der Waals surface area contributed by atoms with Gasteiger partial charge in [0.2, 0.25) is 0 Å². The Morgan fingerprint density at radius 3 is 2.69 bits per heavy atom. The minimum Gasteiger partial charge on any atom is -0.383 e. The first-order chi connectivity index (χ1) is 17.1. The Bertz CT molecular complexity index is 1500. The fraction of sp³-hybridized carbons (Fsp3) is 0.280. The molecule has 178 valence electrons. The number of aliphatic imine (C=N–C) groups is 1. The van der Waals surface area contributed by atoms with Crippen LogP contribution in [-0.2, 0) is 4.74 Å². The molecule has 1 aliphatic carbocycles. The molecule has 35 heavy (non-hydrogen) atoms. The number of nitrogens with one attached hydrogen (secondary N) is 1. The zero-order chi connectivity index (χ0) is 24.1. The van der Waals surface area contributed by atoms with E-state index in [1.165, 1.54) is 6.20 Å². The van der Waals surface area contributed by atoms with Gasteiger partial charge in [0.05, 0.1) is 24.4 Å². The maximum absolute atomic E-state index is 14.6. The van der Waals surface area contributed by atoms with Gasteiger partial charge < -0.3 is 15.4 Å². The summed E-state index contributed by atoms with van der Waals surface area (Å²) >= 11 is 0. The lowest BCUT2D eigenvalue weighted by molar-refractivity contribution is 0.122.